The van der Waals surface area contributed by atoms with Crippen LogP contribution in [0.2, 0.25) is 0 Å². The van der Waals surface area contributed by atoms with Crippen LogP contribution in [0.1, 0.15) is 39.5 Å². The number of rotatable bonds is 15. The number of carbonyl (C=O) groups excluding carboxylic acids is 3. The topological polar surface area (TPSA) is 182 Å². The maximum Gasteiger partial charge on any atom is 0.302 e. The molecular formula is C19H29N7O5S2. The highest BCUT2D eigenvalue weighted by atomic mass is 33.1. The summed E-state index contributed by atoms with van der Waals surface area (Å²) in [7, 11) is 2.48. The molecule has 0 aliphatic carbocycles. The van der Waals surface area contributed by atoms with Crippen LogP contribution < -0.4 is 22.0 Å². The molecule has 33 heavy (non-hydrogen) atoms. The van der Waals surface area contributed by atoms with E-state index in [-0.39, 0.29) is 29.3 Å². The molecule has 0 radical (unpaired) electrons. The average molecular weight is 500 g/mol. The number of nitrogens with two attached hydrogens (primary N) is 1. The van der Waals surface area contributed by atoms with Crippen LogP contribution in [-0.4, -0.2) is 46.1 Å². The Hall–Kier alpha value is -2.71. The van der Waals surface area contributed by atoms with E-state index < -0.39 is 10.8 Å². The average Bonchev–Trinajstić information content (AvgIpc) is 2.80. The molecule has 1 aromatic heterocycles. The van der Waals surface area contributed by atoms with Crippen molar-refractivity contribution in [3.63, 3.8) is 0 Å². The van der Waals surface area contributed by atoms with Crippen molar-refractivity contribution in [2.24, 2.45) is 22.8 Å². The Morgan fingerprint density at radius 3 is 2.76 bits per heavy atom. The second-order valence-corrected chi connectivity index (χ2v) is 9.37. The Balaban J connectivity index is 2.27. The van der Waals surface area contributed by atoms with Gasteiger partial charge < -0.3 is 5.32 Å². The number of hydrazine groups is 1. The van der Waals surface area contributed by atoms with E-state index >= 15 is 0 Å². The highest BCUT2D eigenvalue weighted by Gasteiger charge is 2.18. The van der Waals surface area contributed by atoms with Crippen molar-refractivity contribution in [3.8, 4) is 0 Å². The second kappa shape index (κ2) is 16.0. The van der Waals surface area contributed by atoms with Crippen molar-refractivity contribution in [1.29, 1.82) is 0 Å². The predicted octanol–water partition coefficient (Wildman–Crippen LogP) is 1.77. The molecule has 2 unspecified atom stereocenters. The number of nitrogens with one attached hydrogen (secondary N) is 3. The number of hydrazone groups is 1. The van der Waals surface area contributed by atoms with E-state index in [4.69, 9.17) is 5.84 Å². The van der Waals surface area contributed by atoms with Crippen molar-refractivity contribution in [2.45, 2.75) is 44.6 Å². The molecular weight excluding hydrogens is 470 g/mol. The summed E-state index contributed by atoms with van der Waals surface area (Å²) in [6.45, 7) is 3.96. The summed E-state index contributed by atoms with van der Waals surface area (Å²) in [6.07, 6.45) is 4.96. The maximum absolute atomic E-state index is 12.2. The van der Waals surface area contributed by atoms with Gasteiger partial charge in [-0.3, -0.25) is 29.9 Å². The first-order chi connectivity index (χ1) is 15.8. The molecule has 0 saturated heterocycles. The van der Waals surface area contributed by atoms with E-state index in [1.807, 2.05) is 6.92 Å². The first-order valence-electron chi connectivity index (χ1n) is 10.3. The highest BCUT2D eigenvalue weighted by Crippen LogP contribution is 2.34. The Kier molecular flexibility index (Phi) is 13.7. The number of nitrogens with zero attached hydrogens (tertiary/aromatic N) is 3. The Morgan fingerprint density at radius 2 is 2.09 bits per heavy atom. The summed E-state index contributed by atoms with van der Waals surface area (Å²) >= 11 is 0. The summed E-state index contributed by atoms with van der Waals surface area (Å²) in [6, 6.07) is 2.88. The molecule has 0 bridgehead atoms. The molecule has 12 nitrogen and oxygen atoms in total. The largest absolute Gasteiger partial charge is 0.350 e. The zero-order valence-corrected chi connectivity index (χ0v) is 20.1. The van der Waals surface area contributed by atoms with Crippen LogP contribution in [0.5, 0.6) is 0 Å². The summed E-state index contributed by atoms with van der Waals surface area (Å²) < 4.78 is 0. The molecule has 0 saturated carbocycles. The Morgan fingerprint density at radius 1 is 1.33 bits per heavy atom. The Labute approximate surface area is 199 Å². The van der Waals surface area contributed by atoms with Crippen LogP contribution >= 0.6 is 21.6 Å². The van der Waals surface area contributed by atoms with Crippen LogP contribution in [0.3, 0.4) is 0 Å². The van der Waals surface area contributed by atoms with Crippen LogP contribution in [-0.2, 0) is 14.4 Å². The van der Waals surface area contributed by atoms with Crippen molar-refractivity contribution < 1.29 is 19.3 Å². The van der Waals surface area contributed by atoms with Gasteiger partial charge in [0, 0.05) is 36.4 Å². The fraction of sp³-hybridized carbons (Fsp3) is 0.526. The number of pyridine rings is 1. The van der Waals surface area contributed by atoms with Crippen molar-refractivity contribution >= 4 is 51.2 Å². The summed E-state index contributed by atoms with van der Waals surface area (Å²) in [5, 5.41) is 17.5. The molecule has 1 rings (SSSR count). The summed E-state index contributed by atoms with van der Waals surface area (Å²) in [5.74, 6) is 4.09. The third-order valence-electron chi connectivity index (χ3n) is 4.57. The lowest BCUT2D eigenvalue weighted by atomic mass is 9.95. The summed E-state index contributed by atoms with van der Waals surface area (Å²) in [5.41, 5.74) is 4.41. The monoisotopic (exact) mass is 499 g/mol. The lowest BCUT2D eigenvalue weighted by Gasteiger charge is -2.14. The Bertz CT molecular complexity index is 841. The SMILES string of the molecule is CCC(CCCC(C)C(=O)NN)C(=O)N/N=C/C(=O)NCCSSc1ncccc1[N+](=O)[O-]. The minimum Gasteiger partial charge on any atom is -0.350 e. The molecule has 0 aliphatic heterocycles. The lowest BCUT2D eigenvalue weighted by molar-refractivity contribution is -0.388. The first-order valence-corrected chi connectivity index (χ1v) is 12.6. The first kappa shape index (κ1) is 28.3. The minimum absolute atomic E-state index is 0.0668. The third kappa shape index (κ3) is 11.1. The molecule has 0 aromatic carbocycles. The normalized spacial score (nSPS) is 12.7. The van der Waals surface area contributed by atoms with Crippen molar-refractivity contribution in [1.82, 2.24) is 21.2 Å². The van der Waals surface area contributed by atoms with Gasteiger partial charge in [0.2, 0.25) is 11.8 Å². The third-order valence-corrected chi connectivity index (χ3v) is 6.86. The predicted molar refractivity (Wildman–Crippen MR) is 128 cm³/mol. The van der Waals surface area contributed by atoms with Crippen LogP contribution in [0.25, 0.3) is 0 Å². The van der Waals surface area contributed by atoms with Gasteiger partial charge in [-0.05, 0) is 36.1 Å². The van der Waals surface area contributed by atoms with Crippen molar-refractivity contribution in [2.75, 3.05) is 12.3 Å². The molecule has 1 heterocycles. The van der Waals surface area contributed by atoms with Crippen LogP contribution in [0.15, 0.2) is 28.5 Å². The fourth-order valence-corrected chi connectivity index (χ4v) is 4.59. The molecule has 0 fully saturated rings. The number of carbonyl (C=O) groups is 3. The highest BCUT2D eigenvalue weighted by molar-refractivity contribution is 8.76. The number of amides is 3. The van der Waals surface area contributed by atoms with Gasteiger partial charge in [-0.2, -0.15) is 5.10 Å². The summed E-state index contributed by atoms with van der Waals surface area (Å²) in [4.78, 5) is 49.9. The van der Waals surface area contributed by atoms with Gasteiger partial charge in [-0.1, -0.05) is 31.1 Å². The smallest absolute Gasteiger partial charge is 0.302 e. The zero-order chi connectivity index (χ0) is 24.6. The van der Waals surface area contributed by atoms with Gasteiger partial charge >= 0.3 is 5.69 Å². The molecule has 0 spiro atoms. The van der Waals surface area contributed by atoms with E-state index in [1.54, 1.807) is 6.92 Å². The van der Waals surface area contributed by atoms with E-state index in [0.29, 0.717) is 43.0 Å². The molecule has 5 N–H and O–H groups in total. The molecule has 14 heteroatoms. The van der Waals surface area contributed by atoms with E-state index in [0.717, 1.165) is 17.0 Å². The molecule has 1 aromatic rings. The molecule has 2 atom stereocenters. The lowest BCUT2D eigenvalue weighted by Crippen LogP contribution is -2.34. The van der Waals surface area contributed by atoms with Crippen molar-refractivity contribution in [3.05, 3.63) is 28.4 Å². The van der Waals surface area contributed by atoms with Crippen LogP contribution in [0.4, 0.5) is 5.69 Å². The van der Waals surface area contributed by atoms with Crippen LogP contribution in [0, 0.1) is 22.0 Å². The number of hydrogen-bond donors (Lipinski definition) is 4. The minimum atomic E-state index is -0.494. The molecule has 182 valence electrons. The van der Waals surface area contributed by atoms with E-state index in [1.165, 1.54) is 29.1 Å². The quantitative estimate of drug-likeness (QED) is 0.0531. The zero-order valence-electron chi connectivity index (χ0n) is 18.5. The number of aromatic nitrogens is 1. The standard InChI is InChI=1S/C19H29N7O5S2/c1-3-14(7-4-6-13(2)17(28)24-20)18(29)25-23-12-16(27)21-10-11-32-33-19-15(26(30)31)8-5-9-22-19/h5,8-9,12-14H,3-4,6-7,10-11,20H2,1-2H3,(H,21,27)(H,24,28)(H,25,29)/b23-12+. The fourth-order valence-electron chi connectivity index (χ4n) is 2.65. The molecule has 3 amide bonds. The van der Waals surface area contributed by atoms with E-state index in [9.17, 15) is 24.5 Å². The number of nitro groups is 1. The van der Waals surface area contributed by atoms with Gasteiger partial charge in [-0.15, -0.1) is 0 Å². The van der Waals surface area contributed by atoms with E-state index in [2.05, 4.69) is 26.3 Å². The van der Waals surface area contributed by atoms with Gasteiger partial charge in [-0.25, -0.2) is 16.3 Å². The van der Waals surface area contributed by atoms with Gasteiger partial charge in [0.15, 0.2) is 5.03 Å². The van der Waals surface area contributed by atoms with Gasteiger partial charge in [0.05, 0.1) is 4.92 Å². The molecule has 0 aliphatic rings. The maximum atomic E-state index is 12.2. The van der Waals surface area contributed by atoms with Gasteiger partial charge in [0.1, 0.15) is 6.21 Å². The van der Waals surface area contributed by atoms with Gasteiger partial charge in [0.25, 0.3) is 5.91 Å². The number of hydrogen-bond acceptors (Lipinski definition) is 10. The second-order valence-electron chi connectivity index (χ2n) is 6.96.